The molecule has 8 heteroatoms. The molecule has 0 fully saturated rings. The number of carbonyl (C=O) groups is 1. The Balaban J connectivity index is 1.44. The lowest BCUT2D eigenvalue weighted by Gasteiger charge is -2.37. The van der Waals surface area contributed by atoms with E-state index in [4.69, 9.17) is 23.4 Å². The molecular weight excluding hydrogens is 510 g/mol. The molecule has 3 aromatic carbocycles. The molecule has 0 bridgehead atoms. The van der Waals surface area contributed by atoms with Gasteiger partial charge in [-0.2, -0.15) is 0 Å². The summed E-state index contributed by atoms with van der Waals surface area (Å²) in [6, 6.07) is 18.1. The highest BCUT2D eigenvalue weighted by molar-refractivity contribution is 5.81. The van der Waals surface area contributed by atoms with Crippen molar-refractivity contribution in [3.8, 4) is 23.0 Å². The van der Waals surface area contributed by atoms with E-state index in [9.17, 15) is 9.59 Å². The number of benzene rings is 3. The average Bonchev–Trinajstić information content (AvgIpc) is 2.95. The summed E-state index contributed by atoms with van der Waals surface area (Å²) in [7, 11) is 3.21. The second-order valence-electron chi connectivity index (χ2n) is 9.73. The Bertz CT molecular complexity index is 1580. The van der Waals surface area contributed by atoms with Crippen LogP contribution < -0.4 is 24.6 Å². The van der Waals surface area contributed by atoms with Crippen LogP contribution in [0.2, 0.25) is 0 Å². The van der Waals surface area contributed by atoms with E-state index in [1.807, 2.05) is 67.3 Å². The topological polar surface area (TPSA) is 87.4 Å². The molecule has 208 valence electrons. The van der Waals surface area contributed by atoms with Gasteiger partial charge in [-0.15, -0.1) is 0 Å². The van der Waals surface area contributed by atoms with Crippen LogP contribution in [0.15, 0.2) is 69.9 Å². The normalized spacial score (nSPS) is 14.5. The van der Waals surface area contributed by atoms with Gasteiger partial charge in [-0.1, -0.05) is 12.1 Å². The molecule has 0 spiro atoms. The molecule has 5 rings (SSSR count). The van der Waals surface area contributed by atoms with E-state index in [1.54, 1.807) is 20.3 Å². The summed E-state index contributed by atoms with van der Waals surface area (Å²) in [6.07, 6.45) is 0.938. The van der Waals surface area contributed by atoms with E-state index < -0.39 is 5.63 Å². The third-order valence-electron chi connectivity index (χ3n) is 7.24. The number of hydrogen-bond donors (Lipinski definition) is 0. The fraction of sp³-hybridized carbons (Fsp3) is 0.312. The maximum absolute atomic E-state index is 13.7. The highest BCUT2D eigenvalue weighted by Crippen LogP contribution is 2.39. The zero-order valence-corrected chi connectivity index (χ0v) is 23.2. The van der Waals surface area contributed by atoms with Crippen molar-refractivity contribution in [3.63, 3.8) is 0 Å². The molecule has 4 aromatic rings. The zero-order chi connectivity index (χ0) is 28.2. The summed E-state index contributed by atoms with van der Waals surface area (Å²) in [5.41, 5.74) is 3.83. The zero-order valence-electron chi connectivity index (χ0n) is 23.2. The van der Waals surface area contributed by atoms with Gasteiger partial charge < -0.3 is 28.3 Å². The van der Waals surface area contributed by atoms with Crippen LogP contribution in [0.1, 0.15) is 35.2 Å². The molecule has 0 unspecified atom stereocenters. The molecule has 0 N–H and O–H groups in total. The SMILES string of the molecule is CCOc1ccc(CC(=O)N2CCc3cc(OC)c(OC)cc3[C@@H]2COc2ccc3c(C)cc(=O)oc3c2)cc1. The summed E-state index contributed by atoms with van der Waals surface area (Å²) in [5.74, 6) is 2.57. The first-order chi connectivity index (χ1) is 19.4. The summed E-state index contributed by atoms with van der Waals surface area (Å²) in [4.78, 5) is 27.5. The minimum atomic E-state index is -0.407. The lowest BCUT2D eigenvalue weighted by molar-refractivity contribution is -0.134. The number of methoxy groups -OCH3 is 2. The Morgan fingerprint density at radius 2 is 1.68 bits per heavy atom. The number of hydrogen-bond acceptors (Lipinski definition) is 7. The molecule has 1 atom stereocenters. The van der Waals surface area contributed by atoms with Crippen LogP contribution in [-0.4, -0.2) is 44.8 Å². The van der Waals surface area contributed by atoms with Gasteiger partial charge in [0.1, 0.15) is 23.7 Å². The number of aryl methyl sites for hydroxylation is 1. The van der Waals surface area contributed by atoms with Gasteiger partial charge in [0.25, 0.3) is 0 Å². The first-order valence-electron chi connectivity index (χ1n) is 13.3. The number of rotatable bonds is 9. The Morgan fingerprint density at radius 1 is 0.950 bits per heavy atom. The van der Waals surface area contributed by atoms with E-state index in [1.165, 1.54) is 6.07 Å². The number of ether oxygens (including phenoxy) is 4. The van der Waals surface area contributed by atoms with Crippen LogP contribution in [-0.2, 0) is 17.6 Å². The Labute approximate surface area is 233 Å². The molecule has 1 amide bonds. The molecule has 1 aliphatic heterocycles. The average molecular weight is 544 g/mol. The van der Waals surface area contributed by atoms with Crippen LogP contribution in [0, 0.1) is 6.92 Å². The quantitative estimate of drug-likeness (QED) is 0.266. The van der Waals surface area contributed by atoms with E-state index >= 15 is 0 Å². The standard InChI is InChI=1S/C32H33NO7/c1-5-38-23-8-6-21(7-9-23)15-31(34)33-13-12-22-16-29(36-3)30(37-4)18-26(22)27(33)19-39-24-10-11-25-20(2)14-32(35)40-28(25)17-24/h6-11,14,16-18,27H,5,12-13,15,19H2,1-4H3/t27-/m0/s1. The summed E-state index contributed by atoms with van der Waals surface area (Å²) in [6.45, 7) is 5.14. The Kier molecular flexibility index (Phi) is 7.96. The van der Waals surface area contributed by atoms with Gasteiger partial charge in [-0.05, 0) is 78.9 Å². The highest BCUT2D eigenvalue weighted by Gasteiger charge is 2.33. The molecule has 0 aliphatic carbocycles. The van der Waals surface area contributed by atoms with Crippen molar-refractivity contribution in [1.82, 2.24) is 4.90 Å². The molecular formula is C32H33NO7. The van der Waals surface area contributed by atoms with Crippen LogP contribution in [0.3, 0.4) is 0 Å². The largest absolute Gasteiger partial charge is 0.494 e. The smallest absolute Gasteiger partial charge is 0.336 e. The number of carbonyl (C=O) groups excluding carboxylic acids is 1. The minimum Gasteiger partial charge on any atom is -0.494 e. The van der Waals surface area contributed by atoms with Crippen molar-refractivity contribution < 1.29 is 28.2 Å². The molecule has 8 nitrogen and oxygen atoms in total. The third kappa shape index (κ3) is 5.61. The molecule has 40 heavy (non-hydrogen) atoms. The van der Waals surface area contributed by atoms with Crippen molar-refractivity contribution in [2.45, 2.75) is 32.7 Å². The minimum absolute atomic E-state index is 0.00155. The molecule has 1 aliphatic rings. The summed E-state index contributed by atoms with van der Waals surface area (Å²) in [5, 5.41) is 0.846. The van der Waals surface area contributed by atoms with Gasteiger partial charge in [-0.3, -0.25) is 4.79 Å². The van der Waals surface area contributed by atoms with E-state index in [2.05, 4.69) is 0 Å². The van der Waals surface area contributed by atoms with Crippen molar-refractivity contribution in [1.29, 1.82) is 0 Å². The highest BCUT2D eigenvalue weighted by atomic mass is 16.5. The van der Waals surface area contributed by atoms with Gasteiger partial charge in [0.2, 0.25) is 5.91 Å². The van der Waals surface area contributed by atoms with Crippen LogP contribution in [0.25, 0.3) is 11.0 Å². The molecule has 0 radical (unpaired) electrons. The van der Waals surface area contributed by atoms with Crippen molar-refractivity contribution in [2.75, 3.05) is 34.0 Å². The maximum atomic E-state index is 13.7. The molecule has 0 saturated heterocycles. The van der Waals surface area contributed by atoms with E-state index in [0.717, 1.165) is 33.4 Å². The van der Waals surface area contributed by atoms with Crippen molar-refractivity contribution >= 4 is 16.9 Å². The summed E-state index contributed by atoms with van der Waals surface area (Å²) >= 11 is 0. The Hall–Kier alpha value is -4.46. The van der Waals surface area contributed by atoms with Gasteiger partial charge in [-0.25, -0.2) is 4.79 Å². The van der Waals surface area contributed by atoms with Gasteiger partial charge in [0.15, 0.2) is 11.5 Å². The lowest BCUT2D eigenvalue weighted by atomic mass is 9.91. The fourth-order valence-electron chi connectivity index (χ4n) is 5.22. The monoisotopic (exact) mass is 543 g/mol. The van der Waals surface area contributed by atoms with Crippen molar-refractivity contribution in [2.24, 2.45) is 0 Å². The van der Waals surface area contributed by atoms with Crippen LogP contribution in [0.5, 0.6) is 23.0 Å². The van der Waals surface area contributed by atoms with Crippen LogP contribution >= 0.6 is 0 Å². The number of nitrogens with zero attached hydrogens (tertiary/aromatic N) is 1. The maximum Gasteiger partial charge on any atom is 0.336 e. The summed E-state index contributed by atoms with van der Waals surface area (Å²) < 4.78 is 28.3. The second-order valence-corrected chi connectivity index (χ2v) is 9.73. The number of fused-ring (bicyclic) bond motifs is 2. The van der Waals surface area contributed by atoms with Gasteiger partial charge in [0, 0.05) is 24.1 Å². The third-order valence-corrected chi connectivity index (χ3v) is 7.24. The van der Waals surface area contributed by atoms with Gasteiger partial charge >= 0.3 is 5.63 Å². The second kappa shape index (κ2) is 11.7. The lowest BCUT2D eigenvalue weighted by Crippen LogP contribution is -2.43. The van der Waals surface area contributed by atoms with Gasteiger partial charge in [0.05, 0.1) is 33.3 Å². The van der Waals surface area contributed by atoms with E-state index in [-0.39, 0.29) is 25.0 Å². The predicted octanol–water partition coefficient (Wildman–Crippen LogP) is 5.26. The number of amides is 1. The Morgan fingerprint density at radius 3 is 2.40 bits per heavy atom. The fourth-order valence-corrected chi connectivity index (χ4v) is 5.22. The van der Waals surface area contributed by atoms with Crippen LogP contribution in [0.4, 0.5) is 0 Å². The first kappa shape index (κ1) is 27.1. The van der Waals surface area contributed by atoms with E-state index in [0.29, 0.717) is 42.4 Å². The first-order valence-corrected chi connectivity index (χ1v) is 13.3. The van der Waals surface area contributed by atoms with Crippen molar-refractivity contribution in [3.05, 3.63) is 93.3 Å². The predicted molar refractivity (Wildman–Crippen MR) is 152 cm³/mol. The molecule has 2 heterocycles. The molecule has 0 saturated carbocycles. The molecule has 1 aromatic heterocycles.